The Bertz CT molecular complexity index is 831. The molecule has 0 aromatic heterocycles. The Labute approximate surface area is 162 Å². The number of hydrogen-bond acceptors (Lipinski definition) is 4. The normalized spacial score (nSPS) is 14.6. The van der Waals surface area contributed by atoms with Gasteiger partial charge in [0.15, 0.2) is 5.78 Å². The van der Waals surface area contributed by atoms with E-state index in [4.69, 9.17) is 0 Å². The van der Waals surface area contributed by atoms with Crippen LogP contribution in [0, 0.1) is 11.6 Å². The average Bonchev–Trinajstić information content (AvgIpc) is 2.69. The second kappa shape index (κ2) is 9.52. The summed E-state index contributed by atoms with van der Waals surface area (Å²) >= 11 is 0. The van der Waals surface area contributed by atoms with Crippen molar-refractivity contribution in [1.29, 1.82) is 0 Å². The van der Waals surface area contributed by atoms with E-state index >= 15 is 0 Å². The zero-order valence-corrected chi connectivity index (χ0v) is 15.5. The van der Waals surface area contributed by atoms with E-state index in [-0.39, 0.29) is 11.5 Å². The Hall–Kier alpha value is -2.64. The Morgan fingerprint density at radius 1 is 1.00 bits per heavy atom. The lowest BCUT2D eigenvalue weighted by Crippen LogP contribution is -2.43. The summed E-state index contributed by atoms with van der Waals surface area (Å²) in [6, 6.07) is 9.75. The van der Waals surface area contributed by atoms with Gasteiger partial charge in [-0.25, -0.2) is 8.78 Å². The summed E-state index contributed by atoms with van der Waals surface area (Å²) in [4.78, 5) is 27.3. The topological polar surface area (TPSA) is 61.4 Å². The van der Waals surface area contributed by atoms with E-state index in [1.165, 1.54) is 6.07 Å². The first-order valence-corrected chi connectivity index (χ1v) is 9.37. The molecule has 2 aromatic rings. The maximum atomic E-state index is 13.8. The minimum absolute atomic E-state index is 0.111. The van der Waals surface area contributed by atoms with Gasteiger partial charge in [-0.15, -0.1) is 0 Å². The first-order valence-electron chi connectivity index (χ1n) is 9.37. The number of hydrogen-bond donors (Lipinski definition) is 2. The molecular formula is C21H23F2N3O2. The second-order valence-electron chi connectivity index (χ2n) is 6.71. The van der Waals surface area contributed by atoms with Crippen LogP contribution in [0.2, 0.25) is 0 Å². The van der Waals surface area contributed by atoms with Crippen molar-refractivity contribution < 1.29 is 18.4 Å². The van der Waals surface area contributed by atoms with Gasteiger partial charge in [-0.05, 0) is 37.2 Å². The summed E-state index contributed by atoms with van der Waals surface area (Å²) in [6.45, 7) is 4.68. The van der Waals surface area contributed by atoms with Gasteiger partial charge in [-0.1, -0.05) is 18.2 Å². The molecule has 1 aliphatic rings. The molecule has 2 N–H and O–H groups in total. The first kappa shape index (κ1) is 20.1. The molecule has 148 valence electrons. The van der Waals surface area contributed by atoms with Gasteiger partial charge in [0.2, 0.25) is 0 Å². The lowest BCUT2D eigenvalue weighted by atomic mass is 10.0. The number of anilines is 1. The number of rotatable bonds is 7. The SMILES string of the molecule is O=C(CCCN1CCNCC1)c1ccccc1NC(=O)c1c(F)cccc1F. The number of amides is 1. The van der Waals surface area contributed by atoms with Gasteiger partial charge in [0.1, 0.15) is 17.2 Å². The van der Waals surface area contributed by atoms with Crippen molar-refractivity contribution in [3.05, 3.63) is 65.2 Å². The third-order valence-corrected chi connectivity index (χ3v) is 4.75. The summed E-state index contributed by atoms with van der Waals surface area (Å²) in [6.07, 6.45) is 1.05. The number of benzene rings is 2. The molecule has 1 saturated heterocycles. The molecule has 1 fully saturated rings. The van der Waals surface area contributed by atoms with Gasteiger partial charge in [-0.3, -0.25) is 9.59 Å². The highest BCUT2D eigenvalue weighted by molar-refractivity contribution is 6.09. The molecule has 0 bridgehead atoms. The van der Waals surface area contributed by atoms with E-state index in [0.29, 0.717) is 18.4 Å². The molecule has 1 amide bonds. The van der Waals surface area contributed by atoms with E-state index in [0.717, 1.165) is 44.9 Å². The number of Topliss-reactive ketones (excluding diaryl/α,β-unsaturated/α-hetero) is 1. The first-order chi connectivity index (χ1) is 13.6. The minimum atomic E-state index is -0.947. The number of piperazine rings is 1. The quantitative estimate of drug-likeness (QED) is 0.717. The summed E-state index contributed by atoms with van der Waals surface area (Å²) in [5.74, 6) is -2.92. The van der Waals surface area contributed by atoms with Gasteiger partial charge in [0.05, 0.1) is 5.69 Å². The Morgan fingerprint density at radius 2 is 1.68 bits per heavy atom. The predicted octanol–water partition coefficient (Wildman–Crippen LogP) is 3.09. The number of nitrogens with zero attached hydrogens (tertiary/aromatic N) is 1. The van der Waals surface area contributed by atoms with Crippen LogP contribution in [0.3, 0.4) is 0 Å². The van der Waals surface area contributed by atoms with Gasteiger partial charge < -0.3 is 15.5 Å². The third-order valence-electron chi connectivity index (χ3n) is 4.75. The van der Waals surface area contributed by atoms with E-state index < -0.39 is 23.1 Å². The smallest absolute Gasteiger partial charge is 0.261 e. The van der Waals surface area contributed by atoms with Crippen LogP contribution in [-0.4, -0.2) is 49.3 Å². The second-order valence-corrected chi connectivity index (χ2v) is 6.71. The zero-order chi connectivity index (χ0) is 19.9. The summed E-state index contributed by atoms with van der Waals surface area (Å²) in [5, 5.41) is 5.76. The van der Waals surface area contributed by atoms with Crippen LogP contribution in [0.4, 0.5) is 14.5 Å². The predicted molar refractivity (Wildman–Crippen MR) is 104 cm³/mol. The lowest BCUT2D eigenvalue weighted by Gasteiger charge is -2.26. The van der Waals surface area contributed by atoms with E-state index in [2.05, 4.69) is 15.5 Å². The van der Waals surface area contributed by atoms with Crippen LogP contribution in [0.1, 0.15) is 33.6 Å². The van der Waals surface area contributed by atoms with Crippen molar-refractivity contribution in [1.82, 2.24) is 10.2 Å². The van der Waals surface area contributed by atoms with Crippen LogP contribution in [-0.2, 0) is 0 Å². The van der Waals surface area contributed by atoms with Crippen molar-refractivity contribution in [2.24, 2.45) is 0 Å². The third kappa shape index (κ3) is 4.99. The Kier molecular flexibility index (Phi) is 6.84. The van der Waals surface area contributed by atoms with Crippen LogP contribution in [0.5, 0.6) is 0 Å². The van der Waals surface area contributed by atoms with Crippen molar-refractivity contribution in [3.63, 3.8) is 0 Å². The fourth-order valence-electron chi connectivity index (χ4n) is 3.27. The number of ketones is 1. The highest BCUT2D eigenvalue weighted by Gasteiger charge is 2.20. The average molecular weight is 387 g/mol. The molecule has 1 aliphatic heterocycles. The Morgan fingerprint density at radius 3 is 2.39 bits per heavy atom. The van der Waals surface area contributed by atoms with Gasteiger partial charge in [-0.2, -0.15) is 0 Å². The molecule has 2 aromatic carbocycles. The highest BCUT2D eigenvalue weighted by atomic mass is 19.1. The molecule has 0 radical (unpaired) electrons. The maximum Gasteiger partial charge on any atom is 0.261 e. The fraction of sp³-hybridized carbons (Fsp3) is 0.333. The van der Waals surface area contributed by atoms with Crippen LogP contribution >= 0.6 is 0 Å². The van der Waals surface area contributed by atoms with Gasteiger partial charge in [0.25, 0.3) is 5.91 Å². The largest absolute Gasteiger partial charge is 0.321 e. The molecule has 5 nitrogen and oxygen atoms in total. The van der Waals surface area contributed by atoms with E-state index in [1.807, 2.05) is 0 Å². The summed E-state index contributed by atoms with van der Waals surface area (Å²) in [7, 11) is 0. The Balaban J connectivity index is 1.65. The lowest BCUT2D eigenvalue weighted by molar-refractivity contribution is 0.0974. The molecule has 0 aliphatic carbocycles. The van der Waals surface area contributed by atoms with Crippen molar-refractivity contribution in [2.75, 3.05) is 38.0 Å². The summed E-state index contributed by atoms with van der Waals surface area (Å²) in [5.41, 5.74) is -0.0707. The van der Waals surface area contributed by atoms with Crippen LogP contribution in [0.15, 0.2) is 42.5 Å². The summed E-state index contributed by atoms with van der Waals surface area (Å²) < 4.78 is 27.7. The van der Waals surface area contributed by atoms with Crippen molar-refractivity contribution >= 4 is 17.4 Å². The van der Waals surface area contributed by atoms with Gasteiger partial charge >= 0.3 is 0 Å². The molecule has 3 rings (SSSR count). The number of halogens is 2. The molecular weight excluding hydrogens is 364 g/mol. The number of carbonyl (C=O) groups excluding carboxylic acids is 2. The molecule has 7 heteroatoms. The van der Waals surface area contributed by atoms with Crippen LogP contribution in [0.25, 0.3) is 0 Å². The molecule has 0 saturated carbocycles. The maximum absolute atomic E-state index is 13.8. The van der Waals surface area contributed by atoms with E-state index in [1.54, 1.807) is 24.3 Å². The van der Waals surface area contributed by atoms with Crippen molar-refractivity contribution in [2.45, 2.75) is 12.8 Å². The standard InChI is InChI=1S/C21H23F2N3O2/c22-16-6-3-7-17(23)20(16)21(28)25-18-8-2-1-5-15(18)19(27)9-4-12-26-13-10-24-11-14-26/h1-3,5-8,24H,4,9-14H2,(H,25,28). The van der Waals surface area contributed by atoms with Crippen molar-refractivity contribution in [3.8, 4) is 0 Å². The van der Waals surface area contributed by atoms with Crippen LogP contribution < -0.4 is 10.6 Å². The molecule has 0 atom stereocenters. The molecule has 0 unspecified atom stereocenters. The number of nitrogens with one attached hydrogen (secondary N) is 2. The minimum Gasteiger partial charge on any atom is -0.321 e. The van der Waals surface area contributed by atoms with E-state index in [9.17, 15) is 18.4 Å². The van der Waals surface area contributed by atoms with Gasteiger partial charge in [0, 0.05) is 38.2 Å². The number of para-hydroxylation sites is 1. The zero-order valence-electron chi connectivity index (χ0n) is 15.5. The molecule has 1 heterocycles. The molecule has 0 spiro atoms. The highest BCUT2D eigenvalue weighted by Crippen LogP contribution is 2.20. The monoisotopic (exact) mass is 387 g/mol. The fourth-order valence-corrected chi connectivity index (χ4v) is 3.27. The molecule has 28 heavy (non-hydrogen) atoms. The number of carbonyl (C=O) groups is 2.